The summed E-state index contributed by atoms with van der Waals surface area (Å²) in [6, 6.07) is 0. The van der Waals surface area contributed by atoms with E-state index in [1.165, 1.54) is 13.1 Å². The van der Waals surface area contributed by atoms with Gasteiger partial charge in [-0.3, -0.25) is 0 Å². The van der Waals surface area contributed by atoms with Gasteiger partial charge in [0.1, 0.15) is 0 Å². The van der Waals surface area contributed by atoms with E-state index >= 15 is 0 Å². The molecule has 0 spiro atoms. The number of hydrogen-bond acceptors (Lipinski definition) is 2. The average molecular weight is 171 g/mol. The Labute approximate surface area is 75.6 Å². The molecule has 1 atom stereocenters. The highest BCUT2D eigenvalue weighted by Crippen LogP contribution is 2.23. The van der Waals surface area contributed by atoms with Crippen molar-refractivity contribution in [3.8, 4) is 0 Å². The van der Waals surface area contributed by atoms with Gasteiger partial charge in [0, 0.05) is 19.6 Å². The van der Waals surface area contributed by atoms with Gasteiger partial charge in [0.15, 0.2) is 0 Å². The molecule has 1 rings (SSSR count). The summed E-state index contributed by atoms with van der Waals surface area (Å²) in [6.07, 6.45) is 0.785. The molecule has 72 valence electrons. The Morgan fingerprint density at radius 2 is 1.92 bits per heavy atom. The lowest BCUT2D eigenvalue weighted by Crippen LogP contribution is -2.49. The van der Waals surface area contributed by atoms with Gasteiger partial charge in [0.2, 0.25) is 0 Å². The highest BCUT2D eigenvalue weighted by molar-refractivity contribution is 4.81. The van der Waals surface area contributed by atoms with E-state index < -0.39 is 0 Å². The monoisotopic (exact) mass is 171 g/mol. The van der Waals surface area contributed by atoms with E-state index in [2.05, 4.69) is 18.7 Å². The predicted octanol–water partition coefficient (Wildman–Crippen LogP) is 1.35. The van der Waals surface area contributed by atoms with Gasteiger partial charge < -0.3 is 10.0 Å². The van der Waals surface area contributed by atoms with Crippen LogP contribution in [0.4, 0.5) is 0 Å². The van der Waals surface area contributed by atoms with Gasteiger partial charge in [-0.15, -0.1) is 0 Å². The molecule has 0 saturated carbocycles. The molecule has 0 aromatic carbocycles. The Bertz CT molecular complexity index is 125. The highest BCUT2D eigenvalue weighted by atomic mass is 16.3. The molecule has 1 aliphatic rings. The number of aliphatic hydroxyl groups is 1. The molecule has 2 nitrogen and oxygen atoms in total. The Hall–Kier alpha value is -0.0800. The van der Waals surface area contributed by atoms with Gasteiger partial charge in [-0.25, -0.2) is 0 Å². The third kappa shape index (κ3) is 2.76. The maximum Gasteiger partial charge on any atom is 0.0524 e. The van der Waals surface area contributed by atoms with Crippen LogP contribution in [0.5, 0.6) is 0 Å². The van der Waals surface area contributed by atoms with Crippen molar-refractivity contribution in [2.45, 2.75) is 33.3 Å². The Morgan fingerprint density at radius 3 is 2.33 bits per heavy atom. The molecule has 1 aliphatic heterocycles. The van der Waals surface area contributed by atoms with Crippen molar-refractivity contribution in [1.29, 1.82) is 0 Å². The number of nitrogens with zero attached hydrogens (tertiary/aromatic N) is 1. The summed E-state index contributed by atoms with van der Waals surface area (Å²) in [7, 11) is 0. The zero-order valence-electron chi connectivity index (χ0n) is 8.45. The fraction of sp³-hybridized carbons (Fsp3) is 1.00. The first kappa shape index (κ1) is 10.0. The van der Waals surface area contributed by atoms with E-state index in [0.717, 1.165) is 24.8 Å². The molecule has 0 aromatic heterocycles. The Balaban J connectivity index is 2.02. The van der Waals surface area contributed by atoms with Crippen LogP contribution in [0.15, 0.2) is 0 Å². The minimum atomic E-state index is -0.136. The van der Waals surface area contributed by atoms with Crippen molar-refractivity contribution in [2.75, 3.05) is 19.6 Å². The number of aliphatic hydroxyl groups excluding tert-OH is 1. The lowest BCUT2D eigenvalue weighted by Gasteiger charge is -2.41. The number of rotatable bonds is 4. The summed E-state index contributed by atoms with van der Waals surface area (Å²) in [6.45, 7) is 9.99. The molecular formula is C10H21NO. The quantitative estimate of drug-likeness (QED) is 0.690. The molecule has 0 aliphatic carbocycles. The van der Waals surface area contributed by atoms with Crippen LogP contribution < -0.4 is 0 Å². The van der Waals surface area contributed by atoms with Gasteiger partial charge in [-0.1, -0.05) is 13.8 Å². The van der Waals surface area contributed by atoms with Crippen LogP contribution in [0.2, 0.25) is 0 Å². The van der Waals surface area contributed by atoms with Crippen molar-refractivity contribution in [3.63, 3.8) is 0 Å². The third-order valence-electron chi connectivity index (χ3n) is 2.79. The van der Waals surface area contributed by atoms with Gasteiger partial charge in [0.25, 0.3) is 0 Å². The van der Waals surface area contributed by atoms with Crippen LogP contribution >= 0.6 is 0 Å². The van der Waals surface area contributed by atoms with Crippen LogP contribution in [-0.4, -0.2) is 35.7 Å². The molecule has 1 heterocycles. The molecule has 12 heavy (non-hydrogen) atoms. The van der Waals surface area contributed by atoms with Crippen LogP contribution in [0.3, 0.4) is 0 Å². The molecule has 1 saturated heterocycles. The molecule has 1 unspecified atom stereocenters. The lowest BCUT2D eigenvalue weighted by atomic mass is 9.88. The van der Waals surface area contributed by atoms with Gasteiger partial charge in [0.05, 0.1) is 6.10 Å². The van der Waals surface area contributed by atoms with Gasteiger partial charge in [-0.2, -0.15) is 0 Å². The zero-order valence-corrected chi connectivity index (χ0v) is 8.45. The van der Waals surface area contributed by atoms with Crippen molar-refractivity contribution in [1.82, 2.24) is 4.90 Å². The molecular weight excluding hydrogens is 150 g/mol. The standard InChI is InChI=1S/C10H21NO/c1-8(2)10-6-11(7-10)5-4-9(3)12/h8-10,12H,4-7H2,1-3H3. The van der Waals surface area contributed by atoms with E-state index in [1.807, 2.05) is 6.92 Å². The largest absolute Gasteiger partial charge is 0.393 e. The summed E-state index contributed by atoms with van der Waals surface area (Å²) in [5, 5.41) is 9.07. The first-order chi connectivity index (χ1) is 5.59. The second kappa shape index (κ2) is 4.24. The van der Waals surface area contributed by atoms with Crippen LogP contribution in [0.1, 0.15) is 27.2 Å². The summed E-state index contributed by atoms with van der Waals surface area (Å²) in [5.74, 6) is 1.73. The molecule has 0 radical (unpaired) electrons. The maximum absolute atomic E-state index is 9.07. The fourth-order valence-electron chi connectivity index (χ4n) is 1.58. The normalized spacial score (nSPS) is 22.8. The predicted molar refractivity (Wildman–Crippen MR) is 51.1 cm³/mol. The van der Waals surface area contributed by atoms with Gasteiger partial charge >= 0.3 is 0 Å². The second-order valence-electron chi connectivity index (χ2n) is 4.40. The lowest BCUT2D eigenvalue weighted by molar-refractivity contribution is 0.0530. The highest BCUT2D eigenvalue weighted by Gasteiger charge is 2.28. The second-order valence-corrected chi connectivity index (χ2v) is 4.40. The van der Waals surface area contributed by atoms with Crippen molar-refractivity contribution in [2.24, 2.45) is 11.8 Å². The van der Waals surface area contributed by atoms with E-state index in [1.54, 1.807) is 0 Å². The number of hydrogen-bond donors (Lipinski definition) is 1. The average Bonchev–Trinajstić information content (AvgIpc) is 1.82. The first-order valence-corrected chi connectivity index (χ1v) is 5.00. The molecule has 2 heteroatoms. The van der Waals surface area contributed by atoms with Gasteiger partial charge in [-0.05, 0) is 25.2 Å². The first-order valence-electron chi connectivity index (χ1n) is 5.00. The minimum Gasteiger partial charge on any atom is -0.393 e. The van der Waals surface area contributed by atoms with E-state index in [4.69, 9.17) is 5.11 Å². The Kier molecular flexibility index (Phi) is 3.53. The van der Waals surface area contributed by atoms with Crippen LogP contribution in [0, 0.1) is 11.8 Å². The number of likely N-dealkylation sites (tertiary alicyclic amines) is 1. The van der Waals surface area contributed by atoms with Crippen molar-refractivity contribution < 1.29 is 5.11 Å². The summed E-state index contributed by atoms with van der Waals surface area (Å²) >= 11 is 0. The summed E-state index contributed by atoms with van der Waals surface area (Å²) < 4.78 is 0. The SMILES string of the molecule is CC(O)CCN1CC(C(C)C)C1. The zero-order chi connectivity index (χ0) is 9.14. The third-order valence-corrected chi connectivity index (χ3v) is 2.79. The van der Waals surface area contributed by atoms with E-state index in [0.29, 0.717) is 0 Å². The minimum absolute atomic E-state index is 0.136. The smallest absolute Gasteiger partial charge is 0.0524 e. The van der Waals surface area contributed by atoms with E-state index in [9.17, 15) is 0 Å². The molecule has 0 aromatic rings. The fourth-order valence-corrected chi connectivity index (χ4v) is 1.58. The van der Waals surface area contributed by atoms with Crippen LogP contribution in [-0.2, 0) is 0 Å². The summed E-state index contributed by atoms with van der Waals surface area (Å²) in [5.41, 5.74) is 0. The van der Waals surface area contributed by atoms with Crippen LogP contribution in [0.25, 0.3) is 0 Å². The topological polar surface area (TPSA) is 23.5 Å². The maximum atomic E-state index is 9.07. The molecule has 0 bridgehead atoms. The Morgan fingerprint density at radius 1 is 1.33 bits per heavy atom. The molecule has 1 N–H and O–H groups in total. The van der Waals surface area contributed by atoms with E-state index in [-0.39, 0.29) is 6.10 Å². The van der Waals surface area contributed by atoms with Crippen molar-refractivity contribution >= 4 is 0 Å². The molecule has 0 amide bonds. The van der Waals surface area contributed by atoms with Crippen molar-refractivity contribution in [3.05, 3.63) is 0 Å². The summed E-state index contributed by atoms with van der Waals surface area (Å²) in [4.78, 5) is 2.43. The molecule has 1 fully saturated rings.